The molecule has 2 aromatic heterocycles. The number of rotatable bonds is 6. The molecule has 2 amide bonds. The number of anilines is 2. The Hall–Kier alpha value is -2.79. The molecule has 0 saturated carbocycles. The van der Waals surface area contributed by atoms with E-state index in [4.69, 9.17) is 0 Å². The third-order valence-electron chi connectivity index (χ3n) is 4.50. The van der Waals surface area contributed by atoms with E-state index in [9.17, 15) is 18.4 Å². The zero-order chi connectivity index (χ0) is 21.3. The average molecular weight is 450 g/mol. The second-order valence-corrected chi connectivity index (χ2v) is 8.49. The lowest BCUT2D eigenvalue weighted by Crippen LogP contribution is -2.37. The first-order valence-electron chi connectivity index (χ1n) is 9.05. The summed E-state index contributed by atoms with van der Waals surface area (Å²) < 4.78 is 27.0. The number of halogens is 2. The maximum atomic E-state index is 13.1. The molecule has 0 unspecified atom stereocenters. The molecule has 30 heavy (non-hydrogen) atoms. The number of nitrogens with zero attached hydrogens (tertiary/aromatic N) is 4. The van der Waals surface area contributed by atoms with E-state index >= 15 is 0 Å². The van der Waals surface area contributed by atoms with Gasteiger partial charge in [0.25, 0.3) is 0 Å². The Morgan fingerprint density at radius 1 is 1.33 bits per heavy atom. The molecule has 1 aliphatic rings. The van der Waals surface area contributed by atoms with Gasteiger partial charge in [-0.2, -0.15) is 8.78 Å². The predicted molar refractivity (Wildman–Crippen MR) is 112 cm³/mol. The molecule has 0 bridgehead atoms. The molecular weight excluding hydrogens is 432 g/mol. The second-order valence-electron chi connectivity index (χ2n) is 6.47. The highest BCUT2D eigenvalue weighted by Gasteiger charge is 2.25. The standard InChI is InChI=1S/C19H17F2N5O2S2/c1-11-16(17-22-7-9-26(17)18(20)21)30-19(23-11)24-14(27)6-8-25-12-4-2-3-5-13(12)29-10-15(25)28/h2-5,7,9,18H,6,8,10H2,1H3,(H,23,24,27). The lowest BCUT2D eigenvalue weighted by atomic mass is 10.2. The maximum Gasteiger partial charge on any atom is 0.320 e. The van der Waals surface area contributed by atoms with Gasteiger partial charge in [0.05, 0.1) is 22.0 Å². The summed E-state index contributed by atoms with van der Waals surface area (Å²) in [5.74, 6) is 0.0898. The number of alkyl halides is 2. The smallest absolute Gasteiger partial charge is 0.310 e. The average Bonchev–Trinajstić information content (AvgIpc) is 3.33. The lowest BCUT2D eigenvalue weighted by molar-refractivity contribution is -0.117. The van der Waals surface area contributed by atoms with E-state index in [0.717, 1.165) is 26.5 Å². The number of fused-ring (bicyclic) bond motifs is 1. The van der Waals surface area contributed by atoms with Crippen LogP contribution < -0.4 is 10.2 Å². The van der Waals surface area contributed by atoms with Crippen LogP contribution in [0.25, 0.3) is 10.7 Å². The summed E-state index contributed by atoms with van der Waals surface area (Å²) in [6.07, 6.45) is 2.58. The first-order valence-corrected chi connectivity index (χ1v) is 10.8. The number of para-hydroxylation sites is 1. The summed E-state index contributed by atoms with van der Waals surface area (Å²) in [6, 6.07) is 7.57. The summed E-state index contributed by atoms with van der Waals surface area (Å²) in [7, 11) is 0. The molecule has 3 aromatic rings. The number of aryl methyl sites for hydroxylation is 1. The second kappa shape index (κ2) is 8.52. The van der Waals surface area contributed by atoms with Gasteiger partial charge in [0.2, 0.25) is 11.8 Å². The molecule has 156 valence electrons. The number of thioether (sulfide) groups is 1. The minimum atomic E-state index is -2.72. The van der Waals surface area contributed by atoms with Crippen LogP contribution >= 0.6 is 23.1 Å². The maximum absolute atomic E-state index is 13.1. The molecule has 0 atom stereocenters. The van der Waals surface area contributed by atoms with Crippen molar-refractivity contribution in [2.45, 2.75) is 24.8 Å². The van der Waals surface area contributed by atoms with Gasteiger partial charge in [-0.3, -0.25) is 14.2 Å². The van der Waals surface area contributed by atoms with Crippen LogP contribution in [0.3, 0.4) is 0 Å². The third-order valence-corrected chi connectivity index (χ3v) is 6.61. The van der Waals surface area contributed by atoms with Crippen molar-refractivity contribution in [1.29, 1.82) is 0 Å². The van der Waals surface area contributed by atoms with Crippen molar-refractivity contribution in [3.63, 3.8) is 0 Å². The molecule has 11 heteroatoms. The van der Waals surface area contributed by atoms with Crippen LogP contribution in [0, 0.1) is 6.92 Å². The SMILES string of the molecule is Cc1nc(NC(=O)CCN2C(=O)CSc3ccccc32)sc1-c1nccn1C(F)F. The highest BCUT2D eigenvalue weighted by molar-refractivity contribution is 8.00. The molecule has 1 aliphatic heterocycles. The van der Waals surface area contributed by atoms with Crippen molar-refractivity contribution in [3.8, 4) is 10.7 Å². The van der Waals surface area contributed by atoms with Crippen LogP contribution in [0.5, 0.6) is 0 Å². The monoisotopic (exact) mass is 449 g/mol. The van der Waals surface area contributed by atoms with E-state index < -0.39 is 6.55 Å². The molecule has 0 fully saturated rings. The Morgan fingerprint density at radius 2 is 2.13 bits per heavy atom. The zero-order valence-corrected chi connectivity index (χ0v) is 17.5. The number of amides is 2. The van der Waals surface area contributed by atoms with Crippen LogP contribution in [0.1, 0.15) is 18.7 Å². The van der Waals surface area contributed by atoms with Crippen molar-refractivity contribution >= 4 is 45.7 Å². The van der Waals surface area contributed by atoms with E-state index in [1.165, 1.54) is 24.2 Å². The van der Waals surface area contributed by atoms with Crippen molar-refractivity contribution in [3.05, 3.63) is 42.4 Å². The summed E-state index contributed by atoms with van der Waals surface area (Å²) in [4.78, 5) is 36.0. The van der Waals surface area contributed by atoms with Crippen LogP contribution in [-0.2, 0) is 9.59 Å². The normalized spacial score (nSPS) is 13.6. The number of hydrogen-bond donors (Lipinski definition) is 1. The van der Waals surface area contributed by atoms with Crippen molar-refractivity contribution in [2.75, 3.05) is 22.5 Å². The quantitative estimate of drug-likeness (QED) is 0.611. The molecular formula is C19H17F2N5O2S2. The summed E-state index contributed by atoms with van der Waals surface area (Å²) in [5.41, 5.74) is 1.30. The number of nitrogens with one attached hydrogen (secondary N) is 1. The molecule has 0 radical (unpaired) electrons. The number of thiazole rings is 1. The summed E-state index contributed by atoms with van der Waals surface area (Å²) >= 11 is 2.57. The van der Waals surface area contributed by atoms with Gasteiger partial charge >= 0.3 is 6.55 Å². The van der Waals surface area contributed by atoms with E-state index in [-0.39, 0.29) is 30.6 Å². The molecule has 1 aromatic carbocycles. The lowest BCUT2D eigenvalue weighted by Gasteiger charge is -2.28. The summed E-state index contributed by atoms with van der Waals surface area (Å²) in [6.45, 7) is -0.799. The van der Waals surface area contributed by atoms with Crippen molar-refractivity contribution < 1.29 is 18.4 Å². The Bertz CT molecular complexity index is 1100. The number of aromatic nitrogens is 3. The van der Waals surface area contributed by atoms with Crippen LogP contribution in [0.4, 0.5) is 19.6 Å². The molecule has 1 N–H and O–H groups in total. The predicted octanol–water partition coefficient (Wildman–Crippen LogP) is 4.18. The van der Waals surface area contributed by atoms with E-state index in [0.29, 0.717) is 21.5 Å². The van der Waals surface area contributed by atoms with Crippen molar-refractivity contribution in [2.24, 2.45) is 0 Å². The summed E-state index contributed by atoms with van der Waals surface area (Å²) in [5, 5.41) is 3.00. The fourth-order valence-electron chi connectivity index (χ4n) is 3.10. The molecule has 0 spiro atoms. The Balaban J connectivity index is 1.43. The Morgan fingerprint density at radius 3 is 2.93 bits per heavy atom. The van der Waals surface area contributed by atoms with E-state index in [2.05, 4.69) is 15.3 Å². The number of imidazole rings is 1. The molecule has 0 aliphatic carbocycles. The largest absolute Gasteiger partial charge is 0.320 e. The van der Waals surface area contributed by atoms with Gasteiger partial charge in [-0.15, -0.1) is 11.8 Å². The van der Waals surface area contributed by atoms with Gasteiger partial charge in [0.1, 0.15) is 0 Å². The molecule has 4 rings (SSSR count). The van der Waals surface area contributed by atoms with Gasteiger partial charge in [-0.05, 0) is 19.1 Å². The van der Waals surface area contributed by atoms with Crippen LogP contribution in [-0.4, -0.2) is 38.6 Å². The highest BCUT2D eigenvalue weighted by atomic mass is 32.2. The van der Waals surface area contributed by atoms with Gasteiger partial charge in [-0.25, -0.2) is 9.97 Å². The number of carbonyl (C=O) groups excluding carboxylic acids is 2. The van der Waals surface area contributed by atoms with E-state index in [1.807, 2.05) is 24.3 Å². The van der Waals surface area contributed by atoms with Gasteiger partial charge in [0.15, 0.2) is 11.0 Å². The highest BCUT2D eigenvalue weighted by Crippen LogP contribution is 2.35. The Labute approximate surface area is 179 Å². The van der Waals surface area contributed by atoms with Gasteiger partial charge < -0.3 is 10.2 Å². The molecule has 0 saturated heterocycles. The topological polar surface area (TPSA) is 80.1 Å². The number of carbonyl (C=O) groups is 2. The number of hydrogen-bond acceptors (Lipinski definition) is 6. The third kappa shape index (κ3) is 4.08. The zero-order valence-electron chi connectivity index (χ0n) is 15.8. The van der Waals surface area contributed by atoms with Crippen LogP contribution in [0.15, 0.2) is 41.6 Å². The van der Waals surface area contributed by atoms with Gasteiger partial charge in [0, 0.05) is 30.3 Å². The first kappa shape index (κ1) is 20.5. The minimum Gasteiger partial charge on any atom is -0.310 e. The first-order chi connectivity index (χ1) is 14.4. The van der Waals surface area contributed by atoms with E-state index in [1.54, 1.807) is 11.8 Å². The minimum absolute atomic E-state index is 0.0438. The van der Waals surface area contributed by atoms with Gasteiger partial charge in [-0.1, -0.05) is 23.5 Å². The fraction of sp³-hybridized carbons (Fsp3) is 0.263. The molecule has 3 heterocycles. The van der Waals surface area contributed by atoms with Crippen LogP contribution in [0.2, 0.25) is 0 Å². The molecule has 7 nitrogen and oxygen atoms in total. The number of benzene rings is 1. The fourth-order valence-corrected chi connectivity index (χ4v) is 5.02. The van der Waals surface area contributed by atoms with Crippen molar-refractivity contribution in [1.82, 2.24) is 14.5 Å². The Kier molecular flexibility index (Phi) is 5.82.